The Labute approximate surface area is 78.1 Å². The van der Waals surface area contributed by atoms with Gasteiger partial charge in [0.05, 0.1) is 6.10 Å². The van der Waals surface area contributed by atoms with E-state index in [9.17, 15) is 5.11 Å². The molecule has 1 rings (SSSR count). The molecule has 1 unspecified atom stereocenters. The van der Waals surface area contributed by atoms with Crippen molar-refractivity contribution >= 4 is 11.3 Å². The van der Waals surface area contributed by atoms with Crippen molar-refractivity contribution in [3.05, 3.63) is 22.4 Å². The average molecular weight is 184 g/mol. The predicted molar refractivity (Wildman–Crippen MR) is 53.4 cm³/mol. The molecule has 0 bridgehead atoms. The maximum Gasteiger partial charge on any atom is 0.0882 e. The lowest BCUT2D eigenvalue weighted by Crippen LogP contribution is -1.93. The monoisotopic (exact) mass is 184 g/mol. The van der Waals surface area contributed by atoms with Crippen molar-refractivity contribution < 1.29 is 5.11 Å². The van der Waals surface area contributed by atoms with Crippen LogP contribution in [0.25, 0.3) is 0 Å². The second kappa shape index (κ2) is 5.33. The van der Waals surface area contributed by atoms with Crippen molar-refractivity contribution in [2.24, 2.45) is 0 Å². The van der Waals surface area contributed by atoms with E-state index >= 15 is 0 Å². The Morgan fingerprint density at radius 2 is 2.33 bits per heavy atom. The summed E-state index contributed by atoms with van der Waals surface area (Å²) in [7, 11) is 0. The molecule has 0 spiro atoms. The summed E-state index contributed by atoms with van der Waals surface area (Å²) in [6, 6.07) is 3.99. The van der Waals surface area contributed by atoms with Crippen LogP contribution in [-0.4, -0.2) is 5.11 Å². The summed E-state index contributed by atoms with van der Waals surface area (Å²) < 4.78 is 0. The van der Waals surface area contributed by atoms with Crippen molar-refractivity contribution in [3.8, 4) is 0 Å². The van der Waals surface area contributed by atoms with Crippen molar-refractivity contribution in [1.82, 2.24) is 0 Å². The van der Waals surface area contributed by atoms with Gasteiger partial charge in [-0.05, 0) is 17.9 Å². The van der Waals surface area contributed by atoms with Gasteiger partial charge in [-0.25, -0.2) is 0 Å². The van der Waals surface area contributed by atoms with Gasteiger partial charge in [0.25, 0.3) is 0 Å². The molecular formula is C10H16OS. The van der Waals surface area contributed by atoms with Gasteiger partial charge in [0.1, 0.15) is 0 Å². The molecule has 1 atom stereocenters. The lowest BCUT2D eigenvalue weighted by molar-refractivity contribution is 0.167. The third kappa shape index (κ3) is 2.95. The van der Waals surface area contributed by atoms with E-state index in [1.54, 1.807) is 11.3 Å². The van der Waals surface area contributed by atoms with Crippen molar-refractivity contribution in [2.45, 2.75) is 38.7 Å². The van der Waals surface area contributed by atoms with Gasteiger partial charge in [0.2, 0.25) is 0 Å². The highest BCUT2D eigenvalue weighted by atomic mass is 32.1. The first kappa shape index (κ1) is 9.75. The first-order valence-electron chi connectivity index (χ1n) is 4.56. The Kier molecular flexibility index (Phi) is 4.33. The molecule has 0 aliphatic rings. The highest BCUT2D eigenvalue weighted by Gasteiger charge is 2.06. The van der Waals surface area contributed by atoms with Gasteiger partial charge in [-0.3, -0.25) is 0 Å². The number of thiophene rings is 1. The highest BCUT2D eigenvalue weighted by molar-refractivity contribution is 7.10. The van der Waals surface area contributed by atoms with Crippen molar-refractivity contribution in [2.75, 3.05) is 0 Å². The minimum absolute atomic E-state index is 0.225. The molecule has 0 fully saturated rings. The Balaban J connectivity index is 2.25. The Morgan fingerprint density at radius 3 is 2.92 bits per heavy atom. The van der Waals surface area contributed by atoms with Gasteiger partial charge in [0.15, 0.2) is 0 Å². The van der Waals surface area contributed by atoms with Gasteiger partial charge >= 0.3 is 0 Å². The van der Waals surface area contributed by atoms with E-state index in [0.29, 0.717) is 0 Å². The molecular weight excluding hydrogens is 168 g/mol. The van der Waals surface area contributed by atoms with Crippen LogP contribution in [0.4, 0.5) is 0 Å². The van der Waals surface area contributed by atoms with Crippen LogP contribution < -0.4 is 0 Å². The quantitative estimate of drug-likeness (QED) is 0.696. The van der Waals surface area contributed by atoms with Crippen molar-refractivity contribution in [3.63, 3.8) is 0 Å². The largest absolute Gasteiger partial charge is 0.388 e. The third-order valence-electron chi connectivity index (χ3n) is 1.95. The van der Waals surface area contributed by atoms with Gasteiger partial charge in [-0.1, -0.05) is 32.3 Å². The molecule has 1 aromatic rings. The van der Waals surface area contributed by atoms with Crippen LogP contribution >= 0.6 is 11.3 Å². The molecule has 1 nitrogen and oxygen atoms in total. The maximum absolute atomic E-state index is 9.65. The van der Waals surface area contributed by atoms with Crippen LogP contribution in [0.15, 0.2) is 17.5 Å². The van der Waals surface area contributed by atoms with Crippen LogP contribution in [0, 0.1) is 0 Å². The number of rotatable bonds is 5. The molecule has 0 saturated carbocycles. The molecule has 1 N–H and O–H groups in total. The highest BCUT2D eigenvalue weighted by Crippen LogP contribution is 2.23. The number of aliphatic hydroxyl groups excluding tert-OH is 1. The summed E-state index contributed by atoms with van der Waals surface area (Å²) >= 11 is 1.64. The lowest BCUT2D eigenvalue weighted by atomic mass is 10.1. The van der Waals surface area contributed by atoms with E-state index in [4.69, 9.17) is 0 Å². The molecule has 12 heavy (non-hydrogen) atoms. The second-order valence-electron chi connectivity index (χ2n) is 3.03. The Hall–Kier alpha value is -0.340. The van der Waals surface area contributed by atoms with E-state index in [2.05, 4.69) is 6.92 Å². The van der Waals surface area contributed by atoms with E-state index in [0.717, 1.165) is 17.7 Å². The van der Waals surface area contributed by atoms with Gasteiger partial charge in [-0.2, -0.15) is 0 Å². The molecule has 0 radical (unpaired) electrons. The van der Waals surface area contributed by atoms with Gasteiger partial charge in [0, 0.05) is 4.88 Å². The van der Waals surface area contributed by atoms with Crippen LogP contribution in [-0.2, 0) is 0 Å². The zero-order valence-corrected chi connectivity index (χ0v) is 8.31. The second-order valence-corrected chi connectivity index (χ2v) is 4.01. The van der Waals surface area contributed by atoms with E-state index in [1.807, 2.05) is 17.5 Å². The normalized spacial score (nSPS) is 13.2. The molecule has 0 aliphatic carbocycles. The fourth-order valence-corrected chi connectivity index (χ4v) is 1.96. The summed E-state index contributed by atoms with van der Waals surface area (Å²) in [5.74, 6) is 0. The Morgan fingerprint density at radius 1 is 1.50 bits per heavy atom. The summed E-state index contributed by atoms with van der Waals surface area (Å²) in [5.41, 5.74) is 0. The minimum atomic E-state index is -0.225. The summed E-state index contributed by atoms with van der Waals surface area (Å²) in [5, 5.41) is 11.7. The summed E-state index contributed by atoms with van der Waals surface area (Å²) in [4.78, 5) is 1.10. The van der Waals surface area contributed by atoms with Crippen LogP contribution in [0.1, 0.15) is 43.6 Å². The molecule has 0 saturated heterocycles. The van der Waals surface area contributed by atoms with E-state index in [-0.39, 0.29) is 6.10 Å². The molecule has 0 amide bonds. The number of hydrogen-bond donors (Lipinski definition) is 1. The SMILES string of the molecule is CCCCCC(O)c1cccs1. The third-order valence-corrected chi connectivity index (χ3v) is 2.93. The molecule has 0 aliphatic heterocycles. The standard InChI is InChI=1S/C10H16OS/c1-2-3-4-6-9(11)10-7-5-8-12-10/h5,7-9,11H,2-4,6H2,1H3. The van der Waals surface area contributed by atoms with Gasteiger partial charge < -0.3 is 5.11 Å². The van der Waals surface area contributed by atoms with Crippen LogP contribution in [0.3, 0.4) is 0 Å². The summed E-state index contributed by atoms with van der Waals surface area (Å²) in [6.07, 6.45) is 4.26. The summed E-state index contributed by atoms with van der Waals surface area (Å²) in [6.45, 7) is 2.18. The van der Waals surface area contributed by atoms with E-state index in [1.165, 1.54) is 12.8 Å². The number of unbranched alkanes of at least 4 members (excludes halogenated alkanes) is 2. The lowest BCUT2D eigenvalue weighted by Gasteiger charge is -2.06. The molecule has 68 valence electrons. The molecule has 1 aromatic heterocycles. The Bertz CT molecular complexity index is 194. The molecule has 0 aromatic carbocycles. The zero-order chi connectivity index (χ0) is 8.81. The number of hydrogen-bond acceptors (Lipinski definition) is 2. The molecule has 1 heterocycles. The van der Waals surface area contributed by atoms with Gasteiger partial charge in [-0.15, -0.1) is 11.3 Å². The van der Waals surface area contributed by atoms with E-state index < -0.39 is 0 Å². The predicted octanol–water partition coefficient (Wildman–Crippen LogP) is 3.36. The van der Waals surface area contributed by atoms with Crippen molar-refractivity contribution in [1.29, 1.82) is 0 Å². The topological polar surface area (TPSA) is 20.2 Å². The zero-order valence-electron chi connectivity index (χ0n) is 7.49. The fraction of sp³-hybridized carbons (Fsp3) is 0.600. The first-order valence-corrected chi connectivity index (χ1v) is 5.44. The fourth-order valence-electron chi connectivity index (χ4n) is 1.21. The first-order chi connectivity index (χ1) is 5.84. The smallest absolute Gasteiger partial charge is 0.0882 e. The average Bonchev–Trinajstić information content (AvgIpc) is 2.56. The van der Waals surface area contributed by atoms with Crippen LogP contribution in [0.2, 0.25) is 0 Å². The maximum atomic E-state index is 9.65. The number of aliphatic hydroxyl groups is 1. The van der Waals surface area contributed by atoms with Crippen LogP contribution in [0.5, 0.6) is 0 Å². The minimum Gasteiger partial charge on any atom is -0.388 e. The molecule has 2 heteroatoms.